The summed E-state index contributed by atoms with van der Waals surface area (Å²) >= 11 is 0. The van der Waals surface area contributed by atoms with Crippen molar-refractivity contribution in [3.8, 4) is 0 Å². The van der Waals surface area contributed by atoms with Crippen molar-refractivity contribution in [1.82, 2.24) is 5.32 Å². The molecule has 19 heavy (non-hydrogen) atoms. The Morgan fingerprint density at radius 3 is 2.68 bits per heavy atom. The molecule has 0 aliphatic heterocycles. The van der Waals surface area contributed by atoms with Gasteiger partial charge in [-0.25, -0.2) is 4.79 Å². The summed E-state index contributed by atoms with van der Waals surface area (Å²) in [4.78, 5) is 10.8. The van der Waals surface area contributed by atoms with E-state index in [2.05, 4.69) is 30.4 Å². The van der Waals surface area contributed by atoms with Crippen molar-refractivity contribution in [3.63, 3.8) is 0 Å². The van der Waals surface area contributed by atoms with Gasteiger partial charge in [0.15, 0.2) is 0 Å². The highest BCUT2D eigenvalue weighted by atomic mass is 16.4. The summed E-state index contributed by atoms with van der Waals surface area (Å²) in [5.41, 5.74) is 3.32. The highest BCUT2D eigenvalue weighted by Gasteiger charge is 2.12. The van der Waals surface area contributed by atoms with Crippen LogP contribution in [0.4, 0.5) is 0 Å². The molecule has 100 valence electrons. The third-order valence-electron chi connectivity index (χ3n) is 2.96. The van der Waals surface area contributed by atoms with Gasteiger partial charge in [-0.05, 0) is 25.5 Å². The van der Waals surface area contributed by atoms with Crippen LogP contribution in [0.3, 0.4) is 0 Å². The molecular formula is C15H17NO3. The molecule has 0 atom stereocenters. The predicted octanol–water partition coefficient (Wildman–Crippen LogP) is 2.88. The Hall–Kier alpha value is -2.07. The van der Waals surface area contributed by atoms with Crippen molar-refractivity contribution in [3.05, 3.63) is 58.5 Å². The van der Waals surface area contributed by atoms with Gasteiger partial charge in [0.05, 0.1) is 0 Å². The van der Waals surface area contributed by atoms with Crippen molar-refractivity contribution in [1.29, 1.82) is 0 Å². The molecule has 0 bridgehead atoms. The van der Waals surface area contributed by atoms with Crippen molar-refractivity contribution < 1.29 is 14.3 Å². The number of furan rings is 1. The molecule has 0 saturated carbocycles. The lowest BCUT2D eigenvalue weighted by Crippen LogP contribution is -2.12. The maximum absolute atomic E-state index is 10.8. The molecule has 1 aromatic carbocycles. The van der Waals surface area contributed by atoms with E-state index in [1.807, 2.05) is 6.07 Å². The van der Waals surface area contributed by atoms with Gasteiger partial charge in [-0.2, -0.15) is 0 Å². The lowest BCUT2D eigenvalue weighted by molar-refractivity contribution is 0.0661. The second-order valence-corrected chi connectivity index (χ2v) is 4.59. The average Bonchev–Trinajstić information content (AvgIpc) is 2.71. The van der Waals surface area contributed by atoms with Gasteiger partial charge in [-0.15, -0.1) is 0 Å². The second-order valence-electron chi connectivity index (χ2n) is 4.59. The highest BCUT2D eigenvalue weighted by molar-refractivity contribution is 5.84. The molecule has 2 aromatic rings. The fourth-order valence-electron chi connectivity index (χ4n) is 1.96. The maximum Gasteiger partial charge on any atom is 0.371 e. The molecule has 4 heteroatoms. The summed E-state index contributed by atoms with van der Waals surface area (Å²) in [5, 5.41) is 12.1. The average molecular weight is 259 g/mol. The molecule has 2 rings (SSSR count). The number of carboxylic acids is 1. The standard InChI is InChI=1S/C15H17NO3/c1-10-4-3-5-12(6-10)8-16-9-13-7-14(15(17)18)19-11(13)2/h3-7,16H,8-9H2,1-2H3,(H,17,18). The van der Waals surface area contributed by atoms with Crippen LogP contribution in [0.25, 0.3) is 0 Å². The van der Waals surface area contributed by atoms with Crippen molar-refractivity contribution in [2.75, 3.05) is 0 Å². The first-order chi connectivity index (χ1) is 9.06. The zero-order valence-corrected chi connectivity index (χ0v) is 11.1. The van der Waals surface area contributed by atoms with Gasteiger partial charge in [-0.3, -0.25) is 0 Å². The van der Waals surface area contributed by atoms with Gasteiger partial charge in [-0.1, -0.05) is 29.8 Å². The van der Waals surface area contributed by atoms with Crippen LogP contribution in [0.2, 0.25) is 0 Å². The number of carboxylic acid groups (broad SMARTS) is 1. The number of hydrogen-bond donors (Lipinski definition) is 2. The lowest BCUT2D eigenvalue weighted by Gasteiger charge is -2.04. The van der Waals surface area contributed by atoms with Crippen LogP contribution in [0.5, 0.6) is 0 Å². The van der Waals surface area contributed by atoms with E-state index in [4.69, 9.17) is 9.52 Å². The quantitative estimate of drug-likeness (QED) is 0.866. The molecule has 1 heterocycles. The molecule has 4 nitrogen and oxygen atoms in total. The van der Waals surface area contributed by atoms with Crippen molar-refractivity contribution in [2.24, 2.45) is 0 Å². The second kappa shape index (κ2) is 5.71. The van der Waals surface area contributed by atoms with Gasteiger partial charge in [0, 0.05) is 18.7 Å². The van der Waals surface area contributed by atoms with E-state index in [-0.39, 0.29) is 5.76 Å². The monoisotopic (exact) mass is 259 g/mol. The number of aromatic carboxylic acids is 1. The Morgan fingerprint density at radius 2 is 2.05 bits per heavy atom. The third-order valence-corrected chi connectivity index (χ3v) is 2.96. The number of hydrogen-bond acceptors (Lipinski definition) is 3. The number of nitrogens with one attached hydrogen (secondary N) is 1. The molecule has 2 N–H and O–H groups in total. The minimum absolute atomic E-state index is 0.00939. The Bertz CT molecular complexity index is 587. The maximum atomic E-state index is 10.8. The molecular weight excluding hydrogens is 242 g/mol. The van der Waals surface area contributed by atoms with Crippen LogP contribution in [0.15, 0.2) is 34.7 Å². The molecule has 0 unspecified atom stereocenters. The topological polar surface area (TPSA) is 62.5 Å². The molecule has 0 amide bonds. The lowest BCUT2D eigenvalue weighted by atomic mass is 10.1. The van der Waals surface area contributed by atoms with Crippen LogP contribution in [0, 0.1) is 13.8 Å². The first-order valence-electron chi connectivity index (χ1n) is 6.15. The minimum atomic E-state index is -1.03. The summed E-state index contributed by atoms with van der Waals surface area (Å²) in [6.45, 7) is 5.17. The van der Waals surface area contributed by atoms with E-state index in [0.717, 1.165) is 12.1 Å². The Morgan fingerprint density at radius 1 is 1.26 bits per heavy atom. The fourth-order valence-corrected chi connectivity index (χ4v) is 1.96. The minimum Gasteiger partial charge on any atom is -0.475 e. The Labute approximate surface area is 112 Å². The molecule has 0 fully saturated rings. The summed E-state index contributed by atoms with van der Waals surface area (Å²) in [5.74, 6) is -0.396. The van der Waals surface area contributed by atoms with Crippen LogP contribution < -0.4 is 5.32 Å². The van der Waals surface area contributed by atoms with E-state index in [0.29, 0.717) is 12.3 Å². The van der Waals surface area contributed by atoms with E-state index < -0.39 is 5.97 Å². The molecule has 0 aliphatic carbocycles. The summed E-state index contributed by atoms with van der Waals surface area (Å²) in [6, 6.07) is 9.84. The molecule has 0 radical (unpaired) electrons. The van der Waals surface area contributed by atoms with Crippen molar-refractivity contribution in [2.45, 2.75) is 26.9 Å². The normalized spacial score (nSPS) is 10.6. The SMILES string of the molecule is Cc1cccc(CNCc2cc(C(=O)O)oc2C)c1. The zero-order chi connectivity index (χ0) is 13.8. The number of aryl methyl sites for hydroxylation is 2. The number of rotatable bonds is 5. The zero-order valence-electron chi connectivity index (χ0n) is 11.1. The van der Waals surface area contributed by atoms with Gasteiger partial charge in [0.25, 0.3) is 0 Å². The van der Waals surface area contributed by atoms with E-state index in [1.165, 1.54) is 11.1 Å². The van der Waals surface area contributed by atoms with E-state index >= 15 is 0 Å². The largest absolute Gasteiger partial charge is 0.475 e. The van der Waals surface area contributed by atoms with Crippen LogP contribution >= 0.6 is 0 Å². The molecule has 0 saturated heterocycles. The Kier molecular flexibility index (Phi) is 4.02. The third kappa shape index (κ3) is 3.45. The highest BCUT2D eigenvalue weighted by Crippen LogP contribution is 2.14. The van der Waals surface area contributed by atoms with Gasteiger partial charge < -0.3 is 14.8 Å². The molecule has 0 spiro atoms. The number of benzene rings is 1. The first kappa shape index (κ1) is 13.4. The van der Waals surface area contributed by atoms with Crippen molar-refractivity contribution >= 4 is 5.97 Å². The fraction of sp³-hybridized carbons (Fsp3) is 0.267. The van der Waals surface area contributed by atoms with Gasteiger partial charge in [0.1, 0.15) is 5.76 Å². The molecule has 0 aliphatic rings. The summed E-state index contributed by atoms with van der Waals surface area (Å²) in [6.07, 6.45) is 0. The van der Waals surface area contributed by atoms with Crippen LogP contribution in [-0.4, -0.2) is 11.1 Å². The predicted molar refractivity (Wildman–Crippen MR) is 72.1 cm³/mol. The van der Waals surface area contributed by atoms with Crippen LogP contribution in [0.1, 0.15) is 33.0 Å². The summed E-state index contributed by atoms with van der Waals surface area (Å²) < 4.78 is 5.16. The van der Waals surface area contributed by atoms with E-state index in [1.54, 1.807) is 13.0 Å². The van der Waals surface area contributed by atoms with E-state index in [9.17, 15) is 4.79 Å². The summed E-state index contributed by atoms with van der Waals surface area (Å²) in [7, 11) is 0. The number of carbonyl (C=O) groups is 1. The van der Waals surface area contributed by atoms with Gasteiger partial charge in [0.2, 0.25) is 5.76 Å². The Balaban J connectivity index is 1.94. The van der Waals surface area contributed by atoms with Crippen LogP contribution in [-0.2, 0) is 13.1 Å². The first-order valence-corrected chi connectivity index (χ1v) is 6.15. The molecule has 1 aromatic heterocycles. The van der Waals surface area contributed by atoms with Gasteiger partial charge >= 0.3 is 5.97 Å². The smallest absolute Gasteiger partial charge is 0.371 e.